The Morgan fingerprint density at radius 3 is 3.00 bits per heavy atom. The maximum Gasteiger partial charge on any atom is 0.165 e. The van der Waals surface area contributed by atoms with Crippen molar-refractivity contribution in [3.8, 4) is 5.75 Å². The molecule has 0 aliphatic carbocycles. The summed E-state index contributed by atoms with van der Waals surface area (Å²) >= 11 is 0. The Balaban J connectivity index is 2.74. The summed E-state index contributed by atoms with van der Waals surface area (Å²) in [5.74, 6) is -0.198. The van der Waals surface area contributed by atoms with Crippen molar-refractivity contribution in [2.24, 2.45) is 0 Å². The monoisotopic (exact) mass is 178 g/mol. The summed E-state index contributed by atoms with van der Waals surface area (Å²) < 4.78 is 18.0. The van der Waals surface area contributed by atoms with Gasteiger partial charge in [-0.1, -0.05) is 0 Å². The number of hydrogen-bond acceptors (Lipinski definition) is 3. The predicted molar refractivity (Wildman–Crippen MR) is 46.0 cm³/mol. The van der Waals surface area contributed by atoms with Crippen molar-refractivity contribution in [2.45, 2.75) is 0 Å². The minimum atomic E-state index is -0.398. The largest absolute Gasteiger partial charge is 0.494 e. The Kier molecular flexibility index (Phi) is 1.81. The minimum Gasteiger partial charge on any atom is -0.494 e. The quantitative estimate of drug-likeness (QED) is 0.667. The third kappa shape index (κ3) is 1.30. The van der Waals surface area contributed by atoms with Crippen LogP contribution in [0.15, 0.2) is 24.7 Å². The smallest absolute Gasteiger partial charge is 0.165 e. The molecule has 66 valence electrons. The van der Waals surface area contributed by atoms with E-state index >= 15 is 0 Å². The molecule has 0 radical (unpaired) electrons. The highest BCUT2D eigenvalue weighted by Gasteiger charge is 2.04. The van der Waals surface area contributed by atoms with Gasteiger partial charge in [-0.05, 0) is 6.07 Å². The zero-order valence-electron chi connectivity index (χ0n) is 6.99. The van der Waals surface area contributed by atoms with Gasteiger partial charge in [-0.2, -0.15) is 0 Å². The second kappa shape index (κ2) is 2.97. The van der Waals surface area contributed by atoms with Crippen LogP contribution in [0.4, 0.5) is 4.39 Å². The molecular formula is C9H7FN2O. The highest BCUT2D eigenvalue weighted by molar-refractivity contribution is 5.79. The van der Waals surface area contributed by atoms with Crippen molar-refractivity contribution in [1.82, 2.24) is 9.97 Å². The molecule has 2 aromatic rings. The van der Waals surface area contributed by atoms with E-state index in [2.05, 4.69) is 9.97 Å². The molecule has 13 heavy (non-hydrogen) atoms. The van der Waals surface area contributed by atoms with E-state index in [1.165, 1.54) is 19.5 Å². The van der Waals surface area contributed by atoms with Crippen LogP contribution < -0.4 is 4.74 Å². The third-order valence-corrected chi connectivity index (χ3v) is 1.78. The average molecular weight is 178 g/mol. The fraction of sp³-hybridized carbons (Fsp3) is 0.111. The maximum absolute atomic E-state index is 13.1. The van der Waals surface area contributed by atoms with Gasteiger partial charge in [-0.3, -0.25) is 0 Å². The molecule has 0 amide bonds. The van der Waals surface area contributed by atoms with Crippen LogP contribution in [0.1, 0.15) is 0 Å². The van der Waals surface area contributed by atoms with Gasteiger partial charge in [-0.25, -0.2) is 14.4 Å². The number of rotatable bonds is 1. The molecule has 1 aromatic carbocycles. The Labute approximate surface area is 74.2 Å². The summed E-state index contributed by atoms with van der Waals surface area (Å²) in [5.41, 5.74) is 0.674. The standard InChI is InChI=1S/C9H7FN2O/c1-13-9-3-8-6(2-7(9)10)4-11-5-12-8/h2-5H,1H3. The van der Waals surface area contributed by atoms with Crippen molar-refractivity contribution in [3.63, 3.8) is 0 Å². The molecule has 0 unspecified atom stereocenters. The van der Waals surface area contributed by atoms with Gasteiger partial charge in [0.2, 0.25) is 0 Å². The van der Waals surface area contributed by atoms with Crippen LogP contribution in [0, 0.1) is 5.82 Å². The summed E-state index contributed by atoms with van der Waals surface area (Å²) in [7, 11) is 1.42. The van der Waals surface area contributed by atoms with E-state index in [0.29, 0.717) is 10.9 Å². The topological polar surface area (TPSA) is 35.0 Å². The summed E-state index contributed by atoms with van der Waals surface area (Å²) in [6.45, 7) is 0. The van der Waals surface area contributed by atoms with Crippen LogP contribution >= 0.6 is 0 Å². The van der Waals surface area contributed by atoms with Crippen LogP contribution in [-0.2, 0) is 0 Å². The number of methoxy groups -OCH3 is 1. The molecular weight excluding hydrogens is 171 g/mol. The zero-order valence-corrected chi connectivity index (χ0v) is 6.99. The van der Waals surface area contributed by atoms with E-state index < -0.39 is 5.82 Å². The molecule has 0 spiro atoms. The number of ether oxygens (including phenoxy) is 1. The van der Waals surface area contributed by atoms with Crippen LogP contribution in [0.3, 0.4) is 0 Å². The van der Waals surface area contributed by atoms with Crippen molar-refractivity contribution < 1.29 is 9.13 Å². The van der Waals surface area contributed by atoms with E-state index in [0.717, 1.165) is 0 Å². The lowest BCUT2D eigenvalue weighted by molar-refractivity contribution is 0.387. The first-order valence-corrected chi connectivity index (χ1v) is 3.74. The number of benzene rings is 1. The molecule has 0 bridgehead atoms. The maximum atomic E-state index is 13.1. The molecule has 2 rings (SSSR count). The van der Waals surface area contributed by atoms with Gasteiger partial charge in [0.15, 0.2) is 11.6 Å². The van der Waals surface area contributed by atoms with Crippen molar-refractivity contribution in [3.05, 3.63) is 30.5 Å². The minimum absolute atomic E-state index is 0.200. The number of fused-ring (bicyclic) bond motifs is 1. The van der Waals surface area contributed by atoms with Crippen molar-refractivity contribution >= 4 is 10.9 Å². The number of nitrogens with zero attached hydrogens (tertiary/aromatic N) is 2. The molecule has 4 heteroatoms. The Morgan fingerprint density at radius 2 is 2.23 bits per heavy atom. The summed E-state index contributed by atoms with van der Waals surface area (Å²) in [5, 5.41) is 0.667. The van der Waals surface area contributed by atoms with Crippen LogP contribution in [0.5, 0.6) is 5.75 Å². The van der Waals surface area contributed by atoms with Gasteiger partial charge in [0.05, 0.1) is 12.6 Å². The van der Waals surface area contributed by atoms with Crippen LogP contribution in [0.25, 0.3) is 10.9 Å². The lowest BCUT2D eigenvalue weighted by Crippen LogP contribution is -1.89. The molecule has 0 aliphatic heterocycles. The summed E-state index contributed by atoms with van der Waals surface area (Å²) in [6.07, 6.45) is 2.98. The zero-order chi connectivity index (χ0) is 9.26. The van der Waals surface area contributed by atoms with E-state index in [1.54, 1.807) is 12.3 Å². The lowest BCUT2D eigenvalue weighted by Gasteiger charge is -2.02. The molecule has 3 nitrogen and oxygen atoms in total. The highest BCUT2D eigenvalue weighted by atomic mass is 19.1. The number of halogens is 1. The van der Waals surface area contributed by atoms with Crippen molar-refractivity contribution in [2.75, 3.05) is 7.11 Å². The van der Waals surface area contributed by atoms with Crippen LogP contribution in [0.2, 0.25) is 0 Å². The SMILES string of the molecule is COc1cc2ncncc2cc1F. The lowest BCUT2D eigenvalue weighted by atomic mass is 10.2. The Bertz CT molecular complexity index is 445. The molecule has 1 heterocycles. The Hall–Kier alpha value is -1.71. The van der Waals surface area contributed by atoms with Gasteiger partial charge < -0.3 is 4.74 Å². The molecule has 0 saturated carbocycles. The van der Waals surface area contributed by atoms with Gasteiger partial charge in [0.25, 0.3) is 0 Å². The average Bonchev–Trinajstić information content (AvgIpc) is 2.17. The molecule has 0 aliphatic rings. The van der Waals surface area contributed by atoms with Gasteiger partial charge in [0.1, 0.15) is 6.33 Å². The van der Waals surface area contributed by atoms with E-state index in [9.17, 15) is 4.39 Å². The van der Waals surface area contributed by atoms with Crippen molar-refractivity contribution in [1.29, 1.82) is 0 Å². The molecule has 1 aromatic heterocycles. The summed E-state index contributed by atoms with van der Waals surface area (Å²) in [4.78, 5) is 7.76. The normalized spacial score (nSPS) is 10.3. The predicted octanol–water partition coefficient (Wildman–Crippen LogP) is 1.78. The van der Waals surface area contributed by atoms with E-state index in [-0.39, 0.29) is 5.75 Å². The second-order valence-corrected chi connectivity index (χ2v) is 2.57. The first kappa shape index (κ1) is 7.91. The van der Waals surface area contributed by atoms with Crippen LogP contribution in [-0.4, -0.2) is 17.1 Å². The second-order valence-electron chi connectivity index (χ2n) is 2.57. The van der Waals surface area contributed by atoms with E-state index in [1.807, 2.05) is 0 Å². The molecule has 0 N–H and O–H groups in total. The third-order valence-electron chi connectivity index (χ3n) is 1.78. The molecule has 0 fully saturated rings. The van der Waals surface area contributed by atoms with Gasteiger partial charge in [-0.15, -0.1) is 0 Å². The number of aromatic nitrogens is 2. The highest BCUT2D eigenvalue weighted by Crippen LogP contribution is 2.21. The summed E-state index contributed by atoms with van der Waals surface area (Å²) in [6, 6.07) is 2.90. The van der Waals surface area contributed by atoms with Gasteiger partial charge >= 0.3 is 0 Å². The Morgan fingerprint density at radius 1 is 1.38 bits per heavy atom. The molecule has 0 saturated heterocycles. The number of hydrogen-bond donors (Lipinski definition) is 0. The fourth-order valence-electron chi connectivity index (χ4n) is 1.14. The first-order chi connectivity index (χ1) is 6.31. The first-order valence-electron chi connectivity index (χ1n) is 3.74. The fourth-order valence-corrected chi connectivity index (χ4v) is 1.14. The van der Waals surface area contributed by atoms with Gasteiger partial charge in [0, 0.05) is 17.6 Å². The molecule has 0 atom stereocenters. The van der Waals surface area contributed by atoms with E-state index in [4.69, 9.17) is 4.74 Å².